The first-order chi connectivity index (χ1) is 9.56. The van der Waals surface area contributed by atoms with Crippen LogP contribution in [0.25, 0.3) is 0 Å². The summed E-state index contributed by atoms with van der Waals surface area (Å²) in [6, 6.07) is 5.21. The molecule has 0 amide bonds. The molecule has 1 aromatic carbocycles. The summed E-state index contributed by atoms with van der Waals surface area (Å²) in [4.78, 5) is 10.9. The molecule has 2 N–H and O–H groups in total. The third-order valence-corrected chi connectivity index (χ3v) is 4.92. The first-order valence-corrected chi connectivity index (χ1v) is 8.08. The first kappa shape index (κ1) is 15.5. The molecule has 0 aliphatic heterocycles. The highest BCUT2D eigenvalue weighted by Gasteiger charge is 2.17. The third-order valence-electron chi connectivity index (χ3n) is 4.18. The van der Waals surface area contributed by atoms with Gasteiger partial charge in [0, 0.05) is 11.0 Å². The third kappa shape index (κ3) is 4.32. The van der Waals surface area contributed by atoms with Crippen LogP contribution in [0.3, 0.4) is 0 Å². The van der Waals surface area contributed by atoms with E-state index in [0.29, 0.717) is 5.56 Å². The van der Waals surface area contributed by atoms with Crippen molar-refractivity contribution in [2.45, 2.75) is 39.2 Å². The van der Waals surface area contributed by atoms with E-state index in [-0.39, 0.29) is 0 Å². The van der Waals surface area contributed by atoms with Crippen molar-refractivity contribution in [2.24, 2.45) is 11.8 Å². The molecule has 0 heterocycles. The van der Waals surface area contributed by atoms with Gasteiger partial charge in [-0.05, 0) is 48.9 Å². The molecule has 20 heavy (non-hydrogen) atoms. The van der Waals surface area contributed by atoms with E-state index in [0.717, 1.165) is 35.0 Å². The molecule has 0 unspecified atom stereocenters. The van der Waals surface area contributed by atoms with Crippen LogP contribution in [0, 0.1) is 11.8 Å². The van der Waals surface area contributed by atoms with Crippen LogP contribution in [0.5, 0.6) is 0 Å². The lowest BCUT2D eigenvalue weighted by atomic mass is 9.83. The fourth-order valence-corrected chi connectivity index (χ4v) is 3.29. The quantitative estimate of drug-likeness (QED) is 0.850. The summed E-state index contributed by atoms with van der Waals surface area (Å²) in [5.41, 5.74) is 1.43. The van der Waals surface area contributed by atoms with Gasteiger partial charge in [-0.1, -0.05) is 41.8 Å². The van der Waals surface area contributed by atoms with Gasteiger partial charge in [-0.2, -0.15) is 0 Å². The normalized spacial score (nSPS) is 22.7. The maximum absolute atomic E-state index is 10.9. The number of carboxylic acids is 1. The zero-order chi connectivity index (χ0) is 14.5. The first-order valence-electron chi connectivity index (χ1n) is 7.28. The lowest BCUT2D eigenvalue weighted by Crippen LogP contribution is -2.25. The molecule has 0 bridgehead atoms. The van der Waals surface area contributed by atoms with Crippen LogP contribution in [0.4, 0.5) is 0 Å². The standard InChI is InChI=1S/C16H22BrNO2/c1-11-2-4-12(5-3-11)9-18-10-14-7-6-13(16(19)20)8-15(14)17/h6-8,11-12,18H,2-5,9-10H2,1H3,(H,19,20). The predicted molar refractivity (Wildman–Crippen MR) is 83.9 cm³/mol. The molecule has 3 nitrogen and oxygen atoms in total. The van der Waals surface area contributed by atoms with Crippen LogP contribution in [0.15, 0.2) is 22.7 Å². The Morgan fingerprint density at radius 1 is 1.35 bits per heavy atom. The van der Waals surface area contributed by atoms with Gasteiger partial charge < -0.3 is 10.4 Å². The molecule has 2 rings (SSSR count). The van der Waals surface area contributed by atoms with Gasteiger partial charge in [-0.25, -0.2) is 4.79 Å². The summed E-state index contributed by atoms with van der Waals surface area (Å²) in [6.07, 6.45) is 5.35. The summed E-state index contributed by atoms with van der Waals surface area (Å²) in [5, 5.41) is 12.4. The minimum absolute atomic E-state index is 0.321. The van der Waals surface area contributed by atoms with E-state index in [1.807, 2.05) is 6.07 Å². The second-order valence-corrected chi connectivity index (χ2v) is 6.72. The Labute approximate surface area is 128 Å². The Morgan fingerprint density at radius 2 is 2.05 bits per heavy atom. The van der Waals surface area contributed by atoms with Gasteiger partial charge >= 0.3 is 5.97 Å². The molecule has 0 radical (unpaired) electrons. The van der Waals surface area contributed by atoms with Crippen LogP contribution in [-0.4, -0.2) is 17.6 Å². The number of rotatable bonds is 5. The Morgan fingerprint density at radius 3 is 2.65 bits per heavy atom. The molecule has 110 valence electrons. The van der Waals surface area contributed by atoms with Crippen LogP contribution < -0.4 is 5.32 Å². The Kier molecular flexibility index (Phi) is 5.61. The van der Waals surface area contributed by atoms with Crippen LogP contribution in [-0.2, 0) is 6.54 Å². The minimum Gasteiger partial charge on any atom is -0.478 e. The Balaban J connectivity index is 1.81. The van der Waals surface area contributed by atoms with E-state index in [4.69, 9.17) is 5.11 Å². The number of benzene rings is 1. The van der Waals surface area contributed by atoms with Gasteiger partial charge in [0.2, 0.25) is 0 Å². The molecule has 1 fully saturated rings. The minimum atomic E-state index is -0.887. The summed E-state index contributed by atoms with van der Waals surface area (Å²) >= 11 is 3.45. The SMILES string of the molecule is CC1CCC(CNCc2ccc(C(=O)O)cc2Br)CC1. The van der Waals surface area contributed by atoms with Gasteiger partial charge in [0.1, 0.15) is 0 Å². The molecule has 1 aromatic rings. The van der Waals surface area contributed by atoms with E-state index < -0.39 is 5.97 Å². The zero-order valence-electron chi connectivity index (χ0n) is 11.9. The topological polar surface area (TPSA) is 49.3 Å². The highest BCUT2D eigenvalue weighted by atomic mass is 79.9. The van der Waals surface area contributed by atoms with Crippen molar-refractivity contribution in [3.8, 4) is 0 Å². The molecule has 1 aliphatic carbocycles. The number of nitrogens with one attached hydrogen (secondary N) is 1. The van der Waals surface area contributed by atoms with Gasteiger partial charge in [-0.3, -0.25) is 0 Å². The van der Waals surface area contributed by atoms with Gasteiger partial charge in [-0.15, -0.1) is 0 Å². The molecule has 1 saturated carbocycles. The van der Waals surface area contributed by atoms with Gasteiger partial charge in [0.15, 0.2) is 0 Å². The summed E-state index contributed by atoms with van der Waals surface area (Å²) in [7, 11) is 0. The number of carboxylic acid groups (broad SMARTS) is 1. The zero-order valence-corrected chi connectivity index (χ0v) is 13.4. The molecule has 0 saturated heterocycles. The summed E-state index contributed by atoms with van der Waals surface area (Å²) in [5.74, 6) is 0.800. The molecule has 0 atom stereocenters. The number of aromatic carboxylic acids is 1. The van der Waals surface area contributed by atoms with Crippen molar-refractivity contribution in [2.75, 3.05) is 6.54 Å². The average Bonchev–Trinajstić information content (AvgIpc) is 2.42. The van der Waals surface area contributed by atoms with Gasteiger partial charge in [0.05, 0.1) is 5.56 Å². The monoisotopic (exact) mass is 339 g/mol. The lowest BCUT2D eigenvalue weighted by molar-refractivity contribution is 0.0697. The van der Waals surface area contributed by atoms with Crippen LogP contribution in [0.1, 0.15) is 48.5 Å². The number of carbonyl (C=O) groups is 1. The van der Waals surface area contributed by atoms with E-state index in [1.165, 1.54) is 25.7 Å². The van der Waals surface area contributed by atoms with Gasteiger partial charge in [0.25, 0.3) is 0 Å². The van der Waals surface area contributed by atoms with Crippen LogP contribution >= 0.6 is 15.9 Å². The van der Waals surface area contributed by atoms with Crippen molar-refractivity contribution >= 4 is 21.9 Å². The number of halogens is 1. The second-order valence-electron chi connectivity index (χ2n) is 5.87. The average molecular weight is 340 g/mol. The fourth-order valence-electron chi connectivity index (χ4n) is 2.77. The van der Waals surface area contributed by atoms with E-state index in [1.54, 1.807) is 12.1 Å². The summed E-state index contributed by atoms with van der Waals surface area (Å²) < 4.78 is 0.863. The molecule has 1 aliphatic rings. The predicted octanol–water partition coefficient (Wildman–Crippen LogP) is 4.06. The van der Waals surface area contributed by atoms with Crippen molar-refractivity contribution in [1.29, 1.82) is 0 Å². The van der Waals surface area contributed by atoms with Crippen molar-refractivity contribution in [3.05, 3.63) is 33.8 Å². The maximum Gasteiger partial charge on any atom is 0.335 e. The van der Waals surface area contributed by atoms with E-state index >= 15 is 0 Å². The van der Waals surface area contributed by atoms with Crippen molar-refractivity contribution in [3.63, 3.8) is 0 Å². The molecule has 0 aromatic heterocycles. The highest BCUT2D eigenvalue weighted by molar-refractivity contribution is 9.10. The smallest absolute Gasteiger partial charge is 0.335 e. The van der Waals surface area contributed by atoms with Crippen LogP contribution in [0.2, 0.25) is 0 Å². The number of hydrogen-bond donors (Lipinski definition) is 2. The van der Waals surface area contributed by atoms with Crippen molar-refractivity contribution in [1.82, 2.24) is 5.32 Å². The van der Waals surface area contributed by atoms with E-state index in [9.17, 15) is 4.79 Å². The highest BCUT2D eigenvalue weighted by Crippen LogP contribution is 2.27. The van der Waals surface area contributed by atoms with Crippen molar-refractivity contribution < 1.29 is 9.90 Å². The fraction of sp³-hybridized carbons (Fsp3) is 0.562. The Bertz CT molecular complexity index is 468. The molecule has 0 spiro atoms. The maximum atomic E-state index is 10.9. The summed E-state index contributed by atoms with van der Waals surface area (Å²) in [6.45, 7) is 4.18. The molecule has 4 heteroatoms. The second kappa shape index (κ2) is 7.23. The Hall–Kier alpha value is -0.870. The van der Waals surface area contributed by atoms with E-state index in [2.05, 4.69) is 28.2 Å². The lowest BCUT2D eigenvalue weighted by Gasteiger charge is -2.26. The largest absolute Gasteiger partial charge is 0.478 e. The number of hydrogen-bond acceptors (Lipinski definition) is 2. The molecular weight excluding hydrogens is 318 g/mol. The molecular formula is C16H22BrNO2.